The molecule has 122 valence electrons. The first-order valence-corrected chi connectivity index (χ1v) is 9.66. The third kappa shape index (κ3) is 6.04. The van der Waals surface area contributed by atoms with Gasteiger partial charge in [0, 0.05) is 0 Å². The molecule has 0 bridgehead atoms. The van der Waals surface area contributed by atoms with Gasteiger partial charge in [0.15, 0.2) is 0 Å². The van der Waals surface area contributed by atoms with E-state index in [4.69, 9.17) is 0 Å². The zero-order chi connectivity index (χ0) is 15.6. The van der Waals surface area contributed by atoms with Gasteiger partial charge >= 0.3 is 0 Å². The van der Waals surface area contributed by atoms with Gasteiger partial charge in [-0.25, -0.2) is 0 Å². The van der Waals surface area contributed by atoms with Crippen molar-refractivity contribution in [2.24, 2.45) is 23.7 Å². The molecule has 0 spiro atoms. The second-order valence-corrected chi connectivity index (χ2v) is 7.39. The molecule has 0 radical (unpaired) electrons. The lowest BCUT2D eigenvalue weighted by atomic mass is 9.81. The Balaban J connectivity index is 1.64. The summed E-state index contributed by atoms with van der Waals surface area (Å²) in [6.45, 7) is 4.65. The van der Waals surface area contributed by atoms with E-state index in [0.29, 0.717) is 0 Å². The van der Waals surface area contributed by atoms with Crippen molar-refractivity contribution in [1.29, 1.82) is 0 Å². The minimum Gasteiger partial charge on any atom is -0.0730 e. The molecule has 0 saturated heterocycles. The van der Waals surface area contributed by atoms with E-state index >= 15 is 0 Å². The lowest BCUT2D eigenvalue weighted by molar-refractivity contribution is 0.303. The zero-order valence-electron chi connectivity index (χ0n) is 14.7. The van der Waals surface area contributed by atoms with Gasteiger partial charge in [-0.1, -0.05) is 50.7 Å². The summed E-state index contributed by atoms with van der Waals surface area (Å²) in [7, 11) is 0. The van der Waals surface area contributed by atoms with E-state index in [1.54, 1.807) is 0 Å². The summed E-state index contributed by atoms with van der Waals surface area (Å²) in [6, 6.07) is 0. The van der Waals surface area contributed by atoms with Crippen LogP contribution in [0.5, 0.6) is 0 Å². The molecule has 0 aromatic heterocycles. The maximum Gasteiger partial charge on any atom is -0.0153 e. The molecule has 0 N–H and O–H groups in total. The lowest BCUT2D eigenvalue weighted by Gasteiger charge is -2.25. The van der Waals surface area contributed by atoms with E-state index in [1.807, 2.05) is 0 Å². The maximum atomic E-state index is 3.20. The number of hydrogen-bond acceptors (Lipinski definition) is 0. The fourth-order valence-corrected chi connectivity index (χ4v) is 4.04. The zero-order valence-corrected chi connectivity index (χ0v) is 14.7. The molecular formula is C22H34. The van der Waals surface area contributed by atoms with Gasteiger partial charge in [-0.2, -0.15) is 0 Å². The molecule has 2 fully saturated rings. The van der Waals surface area contributed by atoms with Gasteiger partial charge in [0.05, 0.1) is 0 Å². The third-order valence-electron chi connectivity index (χ3n) is 5.92. The van der Waals surface area contributed by atoms with E-state index in [9.17, 15) is 0 Å². The summed E-state index contributed by atoms with van der Waals surface area (Å²) in [5.74, 6) is 9.94. The Morgan fingerprint density at radius 3 is 1.32 bits per heavy atom. The standard InChI is InChI=1S/C22H34/c1-3-19-11-15-21(16-12-19)9-7-5-6-8-10-22-17-13-20(4-2)14-18-22/h7-10,19-22H,3-4,11-18H2,1-2H3/t19-,20-,21-,22-. The van der Waals surface area contributed by atoms with Crippen LogP contribution in [0.1, 0.15) is 78.1 Å². The van der Waals surface area contributed by atoms with E-state index in [0.717, 1.165) is 23.7 Å². The third-order valence-corrected chi connectivity index (χ3v) is 5.92. The Bertz CT molecular complexity index is 363. The molecule has 2 rings (SSSR count). The first-order valence-electron chi connectivity index (χ1n) is 9.66. The summed E-state index contributed by atoms with van der Waals surface area (Å²) in [5, 5.41) is 0. The summed E-state index contributed by atoms with van der Waals surface area (Å²) < 4.78 is 0. The quantitative estimate of drug-likeness (QED) is 0.517. The maximum absolute atomic E-state index is 3.20. The summed E-state index contributed by atoms with van der Waals surface area (Å²) >= 11 is 0. The van der Waals surface area contributed by atoms with Gasteiger partial charge in [0.25, 0.3) is 0 Å². The molecule has 0 aromatic rings. The minimum atomic E-state index is 0.783. The van der Waals surface area contributed by atoms with Crippen LogP contribution in [-0.2, 0) is 0 Å². The molecule has 0 heterocycles. The van der Waals surface area contributed by atoms with Gasteiger partial charge in [-0.05, 0) is 87.2 Å². The highest BCUT2D eigenvalue weighted by molar-refractivity contribution is 5.24. The van der Waals surface area contributed by atoms with Crippen molar-refractivity contribution in [3.8, 4) is 11.8 Å². The highest BCUT2D eigenvalue weighted by atomic mass is 14.2. The van der Waals surface area contributed by atoms with Crippen LogP contribution in [0.15, 0.2) is 24.3 Å². The highest BCUT2D eigenvalue weighted by Crippen LogP contribution is 2.32. The second kappa shape index (κ2) is 9.94. The van der Waals surface area contributed by atoms with E-state index in [2.05, 4.69) is 50.0 Å². The fourth-order valence-electron chi connectivity index (χ4n) is 4.04. The number of rotatable bonds is 4. The fraction of sp³-hybridized carbons (Fsp3) is 0.727. The predicted octanol–water partition coefficient (Wildman–Crippen LogP) is 6.54. The van der Waals surface area contributed by atoms with Crippen LogP contribution in [0.4, 0.5) is 0 Å². The van der Waals surface area contributed by atoms with Gasteiger partial charge in [-0.3, -0.25) is 0 Å². The number of allylic oxidation sites excluding steroid dienone is 4. The number of hydrogen-bond donors (Lipinski definition) is 0. The van der Waals surface area contributed by atoms with E-state index in [1.165, 1.54) is 64.2 Å². The molecule has 0 aliphatic heterocycles. The molecule has 2 aliphatic rings. The van der Waals surface area contributed by atoms with Crippen LogP contribution in [-0.4, -0.2) is 0 Å². The van der Waals surface area contributed by atoms with Crippen molar-refractivity contribution >= 4 is 0 Å². The van der Waals surface area contributed by atoms with Crippen LogP contribution in [0.3, 0.4) is 0 Å². The van der Waals surface area contributed by atoms with Gasteiger partial charge in [-0.15, -0.1) is 0 Å². The van der Waals surface area contributed by atoms with Gasteiger partial charge < -0.3 is 0 Å². The molecule has 2 saturated carbocycles. The second-order valence-electron chi connectivity index (χ2n) is 7.39. The minimum absolute atomic E-state index is 0.783. The largest absolute Gasteiger partial charge is 0.0730 e. The Morgan fingerprint density at radius 1 is 0.636 bits per heavy atom. The monoisotopic (exact) mass is 298 g/mol. The highest BCUT2D eigenvalue weighted by Gasteiger charge is 2.18. The SMILES string of the molecule is CC[C@H]1CC[C@H](C=CC#CC=C[C@H]2CC[C@H](CC)CC2)CC1. The summed E-state index contributed by atoms with van der Waals surface area (Å²) in [5.41, 5.74) is 0. The molecular weight excluding hydrogens is 264 g/mol. The van der Waals surface area contributed by atoms with Crippen molar-refractivity contribution in [1.82, 2.24) is 0 Å². The van der Waals surface area contributed by atoms with Crippen LogP contribution in [0.25, 0.3) is 0 Å². The van der Waals surface area contributed by atoms with Crippen molar-refractivity contribution in [2.75, 3.05) is 0 Å². The molecule has 2 aliphatic carbocycles. The average molecular weight is 299 g/mol. The van der Waals surface area contributed by atoms with Crippen molar-refractivity contribution < 1.29 is 0 Å². The molecule has 0 aromatic carbocycles. The van der Waals surface area contributed by atoms with Crippen LogP contribution < -0.4 is 0 Å². The van der Waals surface area contributed by atoms with Crippen LogP contribution in [0, 0.1) is 35.5 Å². The molecule has 0 nitrogen and oxygen atoms in total. The Morgan fingerprint density at radius 2 is 1.00 bits per heavy atom. The van der Waals surface area contributed by atoms with Crippen molar-refractivity contribution in [3.63, 3.8) is 0 Å². The predicted molar refractivity (Wildman–Crippen MR) is 97.5 cm³/mol. The van der Waals surface area contributed by atoms with Gasteiger partial charge in [0.1, 0.15) is 0 Å². The first kappa shape index (κ1) is 17.4. The molecule has 0 heteroatoms. The summed E-state index contributed by atoms with van der Waals surface area (Å²) in [6.07, 6.45) is 22.7. The molecule has 0 atom stereocenters. The Labute approximate surface area is 138 Å². The van der Waals surface area contributed by atoms with Crippen LogP contribution in [0.2, 0.25) is 0 Å². The van der Waals surface area contributed by atoms with E-state index < -0.39 is 0 Å². The molecule has 0 amide bonds. The normalized spacial score (nSPS) is 33.0. The topological polar surface area (TPSA) is 0 Å². The average Bonchev–Trinajstić information content (AvgIpc) is 2.59. The smallest absolute Gasteiger partial charge is 0.0153 e. The lowest BCUT2D eigenvalue weighted by Crippen LogP contribution is -2.12. The Kier molecular flexibility index (Phi) is 7.86. The summed E-state index contributed by atoms with van der Waals surface area (Å²) in [4.78, 5) is 0. The Hall–Kier alpha value is -0.960. The molecule has 22 heavy (non-hydrogen) atoms. The van der Waals surface area contributed by atoms with Crippen molar-refractivity contribution in [3.05, 3.63) is 24.3 Å². The first-order chi connectivity index (χ1) is 10.8. The van der Waals surface area contributed by atoms with Gasteiger partial charge in [0.2, 0.25) is 0 Å². The van der Waals surface area contributed by atoms with E-state index in [-0.39, 0.29) is 0 Å². The molecule has 0 unspecified atom stereocenters. The van der Waals surface area contributed by atoms with Crippen LogP contribution >= 0.6 is 0 Å². The van der Waals surface area contributed by atoms with Crippen molar-refractivity contribution in [2.45, 2.75) is 78.1 Å².